The van der Waals surface area contributed by atoms with Gasteiger partial charge in [0.25, 0.3) is 0 Å². The first-order valence-electron chi connectivity index (χ1n) is 7.04. The van der Waals surface area contributed by atoms with Gasteiger partial charge in [-0.05, 0) is 45.2 Å². The Morgan fingerprint density at radius 1 is 1.42 bits per heavy atom. The molecule has 3 unspecified atom stereocenters. The van der Waals surface area contributed by atoms with Gasteiger partial charge in [-0.2, -0.15) is 0 Å². The van der Waals surface area contributed by atoms with Crippen LogP contribution in [0.2, 0.25) is 0 Å². The lowest BCUT2D eigenvalue weighted by Crippen LogP contribution is -2.35. The third kappa shape index (κ3) is 2.59. The summed E-state index contributed by atoms with van der Waals surface area (Å²) in [4.78, 5) is 4.16. The highest BCUT2D eigenvalue weighted by molar-refractivity contribution is 5.09. The summed E-state index contributed by atoms with van der Waals surface area (Å²) in [6.07, 6.45) is 9.54. The summed E-state index contributed by atoms with van der Waals surface area (Å²) in [6, 6.07) is 5.35. The zero-order valence-electron chi connectivity index (χ0n) is 11.5. The summed E-state index contributed by atoms with van der Waals surface area (Å²) in [5, 5.41) is 3.70. The smallest absolute Gasteiger partial charge is 0.120 e. The van der Waals surface area contributed by atoms with Crippen LogP contribution in [0.3, 0.4) is 0 Å². The van der Waals surface area contributed by atoms with Gasteiger partial charge in [-0.25, -0.2) is 4.98 Å². The Kier molecular flexibility index (Phi) is 3.42. The summed E-state index contributed by atoms with van der Waals surface area (Å²) in [7, 11) is 0. The van der Waals surface area contributed by atoms with Gasteiger partial charge in [0.05, 0.1) is 12.4 Å². The van der Waals surface area contributed by atoms with Gasteiger partial charge in [0.2, 0.25) is 0 Å². The number of nitrogens with one attached hydrogen (secondary N) is 1. The fourth-order valence-corrected chi connectivity index (χ4v) is 3.05. The second-order valence-electron chi connectivity index (χ2n) is 5.45. The van der Waals surface area contributed by atoms with Crippen molar-refractivity contribution in [2.24, 2.45) is 0 Å². The number of imidazole rings is 1. The van der Waals surface area contributed by atoms with E-state index in [1.54, 1.807) is 0 Å². The second kappa shape index (κ2) is 5.21. The largest absolute Gasteiger partial charge is 0.465 e. The Balaban J connectivity index is 1.68. The fraction of sp³-hybridized carbons (Fsp3) is 0.533. The predicted octanol–water partition coefficient (Wildman–Crippen LogP) is 3.23. The van der Waals surface area contributed by atoms with Crippen LogP contribution in [0.4, 0.5) is 0 Å². The lowest BCUT2D eigenvalue weighted by atomic mass is 10.1. The molecule has 1 N–H and O–H groups in total. The van der Waals surface area contributed by atoms with Crippen LogP contribution in [0, 0.1) is 6.92 Å². The first-order valence-corrected chi connectivity index (χ1v) is 7.04. The number of nitrogens with zero attached hydrogens (tertiary/aromatic N) is 2. The molecule has 0 radical (unpaired) electrons. The molecule has 3 atom stereocenters. The Morgan fingerprint density at radius 2 is 2.32 bits per heavy atom. The molecule has 0 amide bonds. The quantitative estimate of drug-likeness (QED) is 0.916. The maximum Gasteiger partial charge on any atom is 0.120 e. The number of aromatic nitrogens is 2. The van der Waals surface area contributed by atoms with Gasteiger partial charge in [0, 0.05) is 24.5 Å². The van der Waals surface area contributed by atoms with E-state index in [1.165, 1.54) is 19.3 Å². The van der Waals surface area contributed by atoms with Crippen molar-refractivity contribution in [3.8, 4) is 0 Å². The van der Waals surface area contributed by atoms with Crippen molar-refractivity contribution in [3.05, 3.63) is 42.4 Å². The molecule has 1 fully saturated rings. The van der Waals surface area contributed by atoms with E-state index in [-0.39, 0.29) is 6.04 Å². The number of furan rings is 1. The van der Waals surface area contributed by atoms with Crippen molar-refractivity contribution < 1.29 is 4.42 Å². The minimum absolute atomic E-state index is 0.253. The van der Waals surface area contributed by atoms with E-state index in [9.17, 15) is 0 Å². The van der Waals surface area contributed by atoms with Crippen LogP contribution in [0.5, 0.6) is 0 Å². The van der Waals surface area contributed by atoms with Crippen LogP contribution in [0.15, 0.2) is 35.3 Å². The van der Waals surface area contributed by atoms with E-state index in [0.29, 0.717) is 12.1 Å². The van der Waals surface area contributed by atoms with Crippen molar-refractivity contribution in [1.82, 2.24) is 14.9 Å². The third-order valence-electron chi connectivity index (χ3n) is 4.04. The van der Waals surface area contributed by atoms with Crippen LogP contribution in [0.1, 0.15) is 49.8 Å². The summed E-state index contributed by atoms with van der Waals surface area (Å²) in [5.74, 6) is 2.00. The average Bonchev–Trinajstić information content (AvgIpc) is 3.07. The van der Waals surface area contributed by atoms with Crippen molar-refractivity contribution >= 4 is 0 Å². The SMILES string of the molecule is Cc1ccc(C(C)NC2CCCC2n2ccnc2)o1. The van der Waals surface area contributed by atoms with E-state index in [0.717, 1.165) is 11.5 Å². The van der Waals surface area contributed by atoms with Crippen LogP contribution < -0.4 is 5.32 Å². The molecule has 0 bridgehead atoms. The molecular weight excluding hydrogens is 238 g/mol. The highest BCUT2D eigenvalue weighted by Gasteiger charge is 2.29. The molecule has 0 spiro atoms. The molecular formula is C15H21N3O. The minimum atomic E-state index is 0.253. The van der Waals surface area contributed by atoms with Crippen molar-refractivity contribution in [2.75, 3.05) is 0 Å². The predicted molar refractivity (Wildman–Crippen MR) is 73.9 cm³/mol. The number of aryl methyl sites for hydroxylation is 1. The van der Waals surface area contributed by atoms with Crippen LogP contribution in [-0.4, -0.2) is 15.6 Å². The standard InChI is InChI=1S/C15H21N3O/c1-11-6-7-15(19-11)12(2)17-13-4-3-5-14(13)18-9-8-16-10-18/h6-10,12-14,17H,3-5H2,1-2H3. The topological polar surface area (TPSA) is 43.0 Å². The maximum atomic E-state index is 5.70. The lowest BCUT2D eigenvalue weighted by Gasteiger charge is -2.25. The molecule has 0 saturated heterocycles. The molecule has 4 nitrogen and oxygen atoms in total. The molecule has 3 rings (SSSR count). The summed E-state index contributed by atoms with van der Waals surface area (Å²) in [5.41, 5.74) is 0. The summed E-state index contributed by atoms with van der Waals surface area (Å²) in [6.45, 7) is 4.15. The minimum Gasteiger partial charge on any atom is -0.465 e. The Bertz CT molecular complexity index is 517. The summed E-state index contributed by atoms with van der Waals surface area (Å²) < 4.78 is 7.93. The molecule has 1 saturated carbocycles. The summed E-state index contributed by atoms with van der Waals surface area (Å²) >= 11 is 0. The van der Waals surface area contributed by atoms with Gasteiger partial charge in [-0.15, -0.1) is 0 Å². The molecule has 2 heterocycles. The zero-order chi connectivity index (χ0) is 13.2. The average molecular weight is 259 g/mol. The molecule has 2 aromatic rings. The van der Waals surface area contributed by atoms with E-state index in [2.05, 4.69) is 34.1 Å². The van der Waals surface area contributed by atoms with Gasteiger partial charge in [0.1, 0.15) is 11.5 Å². The molecule has 1 aliphatic carbocycles. The zero-order valence-corrected chi connectivity index (χ0v) is 11.5. The number of hydrogen-bond acceptors (Lipinski definition) is 3. The van der Waals surface area contributed by atoms with Gasteiger partial charge in [-0.3, -0.25) is 0 Å². The highest BCUT2D eigenvalue weighted by atomic mass is 16.3. The van der Waals surface area contributed by atoms with Gasteiger partial charge in [-0.1, -0.05) is 0 Å². The van der Waals surface area contributed by atoms with Gasteiger partial charge in [0.15, 0.2) is 0 Å². The van der Waals surface area contributed by atoms with E-state index < -0.39 is 0 Å². The molecule has 2 aromatic heterocycles. The first-order chi connectivity index (χ1) is 9.24. The molecule has 19 heavy (non-hydrogen) atoms. The second-order valence-corrected chi connectivity index (χ2v) is 5.45. The molecule has 1 aliphatic rings. The lowest BCUT2D eigenvalue weighted by molar-refractivity contribution is 0.331. The van der Waals surface area contributed by atoms with Gasteiger partial charge >= 0.3 is 0 Å². The maximum absolute atomic E-state index is 5.70. The normalized spacial score (nSPS) is 24.7. The van der Waals surface area contributed by atoms with Crippen LogP contribution >= 0.6 is 0 Å². The number of rotatable bonds is 4. The first kappa shape index (κ1) is 12.5. The van der Waals surface area contributed by atoms with Crippen molar-refractivity contribution in [1.29, 1.82) is 0 Å². The third-order valence-corrected chi connectivity index (χ3v) is 4.04. The van der Waals surface area contributed by atoms with E-state index >= 15 is 0 Å². The van der Waals surface area contributed by atoms with Gasteiger partial charge < -0.3 is 14.3 Å². The molecule has 0 aliphatic heterocycles. The van der Waals surface area contributed by atoms with Crippen LogP contribution in [-0.2, 0) is 0 Å². The molecule has 4 heteroatoms. The Labute approximate surface area is 113 Å². The Hall–Kier alpha value is -1.55. The Morgan fingerprint density at radius 3 is 3.00 bits per heavy atom. The number of hydrogen-bond donors (Lipinski definition) is 1. The van der Waals surface area contributed by atoms with E-state index in [4.69, 9.17) is 4.42 Å². The molecule has 102 valence electrons. The monoisotopic (exact) mass is 259 g/mol. The van der Waals surface area contributed by atoms with Crippen molar-refractivity contribution in [3.63, 3.8) is 0 Å². The molecule has 0 aromatic carbocycles. The van der Waals surface area contributed by atoms with Crippen LogP contribution in [0.25, 0.3) is 0 Å². The fourth-order valence-electron chi connectivity index (χ4n) is 3.05. The van der Waals surface area contributed by atoms with Crippen molar-refractivity contribution in [2.45, 2.75) is 51.2 Å². The van der Waals surface area contributed by atoms with E-state index in [1.807, 2.05) is 25.5 Å². The highest BCUT2D eigenvalue weighted by Crippen LogP contribution is 2.31.